The van der Waals surface area contributed by atoms with Crippen LogP contribution in [0.5, 0.6) is 11.5 Å². The largest absolute Gasteiger partial charge is 0.497 e. The SMILES string of the molecule is C.CCC(=O)C(C)(c1cccc(OC)c1)N1CCN(c2ccc(Br)cc2)C1=O.CN.COc1cccc(C(C)(C(=O)O)N2CCN(c3ccc(Br)cc3)C2=O)c1. The molecule has 0 saturated carbocycles. The van der Waals surface area contributed by atoms with E-state index in [1.165, 1.54) is 19.1 Å². The predicted octanol–water partition coefficient (Wildman–Crippen LogP) is 8.50. The zero-order chi connectivity index (χ0) is 40.5. The highest BCUT2D eigenvalue weighted by atomic mass is 79.9. The number of carbonyl (C=O) groups is 4. The van der Waals surface area contributed by atoms with Gasteiger partial charge in [-0.05, 0) is 105 Å². The summed E-state index contributed by atoms with van der Waals surface area (Å²) in [5, 5.41) is 9.96. The number of nitrogens with two attached hydrogens (primary N) is 1. The van der Waals surface area contributed by atoms with Crippen molar-refractivity contribution in [1.82, 2.24) is 9.80 Å². The molecule has 0 spiro atoms. The molecule has 2 atom stereocenters. The molecule has 0 aliphatic carbocycles. The van der Waals surface area contributed by atoms with Gasteiger partial charge in [-0.1, -0.05) is 70.5 Å². The minimum atomic E-state index is -1.49. The molecule has 4 amide bonds. The fourth-order valence-electron chi connectivity index (χ4n) is 6.68. The summed E-state index contributed by atoms with van der Waals surface area (Å²) >= 11 is 6.79. The second kappa shape index (κ2) is 19.8. The van der Waals surface area contributed by atoms with Gasteiger partial charge in [0.05, 0.1) is 14.2 Å². The van der Waals surface area contributed by atoms with E-state index in [1.807, 2.05) is 86.6 Å². The predicted molar refractivity (Wildman–Crippen MR) is 228 cm³/mol. The van der Waals surface area contributed by atoms with Crippen molar-refractivity contribution < 1.29 is 33.8 Å². The summed E-state index contributed by atoms with van der Waals surface area (Å²) in [6, 6.07) is 28.7. The molecule has 0 aromatic heterocycles. The fraction of sp³-hybridized carbons (Fsp3) is 0.333. The van der Waals surface area contributed by atoms with Crippen LogP contribution in [0.3, 0.4) is 0 Å². The molecule has 0 radical (unpaired) electrons. The van der Waals surface area contributed by atoms with Crippen LogP contribution < -0.4 is 25.0 Å². The minimum Gasteiger partial charge on any atom is -0.497 e. The Labute approximate surface area is 346 Å². The van der Waals surface area contributed by atoms with E-state index in [0.717, 1.165) is 25.9 Å². The number of benzene rings is 4. The minimum absolute atomic E-state index is 0. The Hall–Kier alpha value is -4.92. The van der Waals surface area contributed by atoms with Crippen LogP contribution in [-0.2, 0) is 20.7 Å². The number of anilines is 2. The molecule has 4 aromatic rings. The number of carbonyl (C=O) groups excluding carboxylic acids is 3. The lowest BCUT2D eigenvalue weighted by Gasteiger charge is -2.37. The van der Waals surface area contributed by atoms with Crippen LogP contribution in [0.15, 0.2) is 106 Å². The fourth-order valence-corrected chi connectivity index (χ4v) is 7.21. The second-order valence-corrected chi connectivity index (χ2v) is 14.6. The van der Waals surface area contributed by atoms with Crippen molar-refractivity contribution in [2.45, 2.75) is 45.7 Å². The number of urea groups is 2. The number of nitrogens with zero attached hydrogens (tertiary/aromatic N) is 4. The van der Waals surface area contributed by atoms with Gasteiger partial charge in [-0.15, -0.1) is 0 Å². The van der Waals surface area contributed by atoms with Gasteiger partial charge in [0.2, 0.25) is 0 Å². The Kier molecular flexibility index (Phi) is 16.1. The Balaban J connectivity index is 0.000000283. The summed E-state index contributed by atoms with van der Waals surface area (Å²) in [4.78, 5) is 57.8. The van der Waals surface area contributed by atoms with E-state index in [0.29, 0.717) is 49.7 Å². The van der Waals surface area contributed by atoms with Gasteiger partial charge in [0.25, 0.3) is 0 Å². The lowest BCUT2D eigenvalue weighted by atomic mass is 9.84. The van der Waals surface area contributed by atoms with Gasteiger partial charge in [-0.2, -0.15) is 0 Å². The highest BCUT2D eigenvalue weighted by Gasteiger charge is 2.49. The average Bonchev–Trinajstić information content (AvgIpc) is 3.80. The van der Waals surface area contributed by atoms with Crippen molar-refractivity contribution in [1.29, 1.82) is 0 Å². The summed E-state index contributed by atoms with van der Waals surface area (Å²) < 4.78 is 12.4. The van der Waals surface area contributed by atoms with E-state index < -0.39 is 17.0 Å². The second-order valence-electron chi connectivity index (χ2n) is 12.8. The molecule has 2 fully saturated rings. The van der Waals surface area contributed by atoms with E-state index in [4.69, 9.17) is 9.47 Å². The maximum absolute atomic E-state index is 13.2. The Morgan fingerprint density at radius 2 is 1.05 bits per heavy atom. The molecule has 300 valence electrons. The molecule has 12 nitrogen and oxygen atoms in total. The van der Waals surface area contributed by atoms with Gasteiger partial charge in [-0.25, -0.2) is 14.4 Å². The monoisotopic (exact) mass is 895 g/mol. The van der Waals surface area contributed by atoms with Gasteiger partial charge < -0.3 is 30.1 Å². The number of hydrogen-bond donors (Lipinski definition) is 2. The van der Waals surface area contributed by atoms with Crippen molar-refractivity contribution in [2.75, 3.05) is 57.2 Å². The van der Waals surface area contributed by atoms with E-state index in [-0.39, 0.29) is 25.3 Å². The number of halogens is 2. The number of aliphatic carboxylic acids is 1. The van der Waals surface area contributed by atoms with Crippen LogP contribution in [0.2, 0.25) is 0 Å². The quantitative estimate of drug-likeness (QED) is 0.153. The van der Waals surface area contributed by atoms with Gasteiger partial charge in [-0.3, -0.25) is 14.6 Å². The highest BCUT2D eigenvalue weighted by molar-refractivity contribution is 9.10. The molecule has 14 heteroatoms. The van der Waals surface area contributed by atoms with Crippen LogP contribution >= 0.6 is 31.9 Å². The van der Waals surface area contributed by atoms with Crippen molar-refractivity contribution >= 4 is 67.0 Å². The number of ketones is 1. The molecule has 56 heavy (non-hydrogen) atoms. The molecule has 2 saturated heterocycles. The van der Waals surface area contributed by atoms with Gasteiger partial charge >= 0.3 is 18.0 Å². The Morgan fingerprint density at radius 1 is 0.679 bits per heavy atom. The third-order valence-electron chi connectivity index (χ3n) is 9.92. The van der Waals surface area contributed by atoms with Crippen LogP contribution in [0.1, 0.15) is 45.7 Å². The summed E-state index contributed by atoms with van der Waals surface area (Å²) in [5.74, 6) is 0.129. The smallest absolute Gasteiger partial charge is 0.334 e. The maximum Gasteiger partial charge on any atom is 0.334 e. The van der Waals surface area contributed by atoms with Crippen molar-refractivity contribution in [3.05, 3.63) is 117 Å². The van der Waals surface area contributed by atoms with E-state index in [2.05, 4.69) is 37.6 Å². The topological polar surface area (TPSA) is 146 Å². The van der Waals surface area contributed by atoms with Gasteiger partial charge in [0.15, 0.2) is 11.3 Å². The number of carboxylic acid groups (broad SMARTS) is 1. The molecule has 3 N–H and O–H groups in total. The molecule has 4 aromatic carbocycles. The number of rotatable bonds is 11. The Bertz CT molecular complexity index is 1980. The molecule has 6 rings (SSSR count). The van der Waals surface area contributed by atoms with Crippen molar-refractivity contribution in [3.8, 4) is 11.5 Å². The molecule has 2 heterocycles. The highest BCUT2D eigenvalue weighted by Crippen LogP contribution is 2.38. The zero-order valence-electron chi connectivity index (χ0n) is 31.8. The van der Waals surface area contributed by atoms with Crippen LogP contribution in [0, 0.1) is 0 Å². The summed E-state index contributed by atoms with van der Waals surface area (Å²) in [6.07, 6.45) is 0.343. The van der Waals surface area contributed by atoms with E-state index in [1.54, 1.807) is 53.0 Å². The third kappa shape index (κ3) is 9.20. The lowest BCUT2D eigenvalue weighted by molar-refractivity contribution is -0.148. The summed E-state index contributed by atoms with van der Waals surface area (Å²) in [7, 11) is 4.61. The summed E-state index contributed by atoms with van der Waals surface area (Å²) in [6.45, 7) is 6.96. The standard InChI is InChI=1S/C21H23BrN2O3.C19H19BrN2O4.CH5N.CH4/c1-4-19(25)21(2,15-6-5-7-18(14-15)27-3)24-13-12-23(20(24)26)17-10-8-16(22)9-11-17;1-19(17(23)24,13-4-3-5-16(12-13)26-2)22-11-10-21(18(22)25)15-8-6-14(20)7-9-15;1-2;/h5-11,14H,4,12-13H2,1-3H3;3-9,12H,10-11H2,1-2H3,(H,23,24);2H2,1H3;1H4. The molecular weight excluding hydrogens is 846 g/mol. The first kappa shape index (κ1) is 45.5. The number of ether oxygens (including phenoxy) is 2. The number of Topliss-reactive ketones (excluding diaryl/α,β-unsaturated/α-hetero) is 1. The molecule has 2 aliphatic rings. The first-order valence-corrected chi connectivity index (χ1v) is 19.2. The summed E-state index contributed by atoms with van der Waals surface area (Å²) in [5.41, 5.74) is 4.79. The van der Waals surface area contributed by atoms with Crippen LogP contribution in [0.25, 0.3) is 0 Å². The average molecular weight is 898 g/mol. The lowest BCUT2D eigenvalue weighted by Crippen LogP contribution is -2.51. The Morgan fingerprint density at radius 3 is 1.41 bits per heavy atom. The number of carboxylic acids is 1. The van der Waals surface area contributed by atoms with Gasteiger partial charge in [0, 0.05) is 52.9 Å². The maximum atomic E-state index is 13.2. The molecule has 0 bridgehead atoms. The third-order valence-corrected chi connectivity index (χ3v) is 11.0. The van der Waals surface area contributed by atoms with Gasteiger partial charge in [0.1, 0.15) is 17.0 Å². The van der Waals surface area contributed by atoms with E-state index >= 15 is 0 Å². The molecule has 2 unspecified atom stereocenters. The normalized spacial score (nSPS) is 15.7. The van der Waals surface area contributed by atoms with Crippen molar-refractivity contribution in [2.24, 2.45) is 5.73 Å². The number of hydrogen-bond acceptors (Lipinski definition) is 7. The number of methoxy groups -OCH3 is 2. The van der Waals surface area contributed by atoms with E-state index in [9.17, 15) is 24.3 Å². The first-order chi connectivity index (χ1) is 26.3. The number of amides is 4. The van der Waals surface area contributed by atoms with Crippen molar-refractivity contribution in [3.63, 3.8) is 0 Å². The first-order valence-electron chi connectivity index (χ1n) is 17.6. The van der Waals surface area contributed by atoms with Crippen LogP contribution in [0.4, 0.5) is 21.0 Å². The molecule has 2 aliphatic heterocycles. The zero-order valence-corrected chi connectivity index (χ0v) is 35.0. The van der Waals surface area contributed by atoms with Crippen LogP contribution in [-0.4, -0.2) is 86.2 Å². The molecular formula is C42H51Br2N5O7.